The number of hydrogen-bond donors (Lipinski definition) is 3. The number of benzene rings is 1. The maximum absolute atomic E-state index is 11.8. The monoisotopic (exact) mass is 287 g/mol. The number of carbonyl (C=O) groups is 2. The molecule has 1 atom stereocenters. The molecule has 1 amide bonds. The van der Waals surface area contributed by atoms with E-state index in [0.717, 1.165) is 0 Å². The van der Waals surface area contributed by atoms with Crippen molar-refractivity contribution in [1.29, 1.82) is 0 Å². The molecule has 6 heteroatoms. The highest BCUT2D eigenvalue weighted by Gasteiger charge is 2.16. The zero-order valence-electron chi connectivity index (χ0n) is 11.9. The lowest BCUT2D eigenvalue weighted by atomic mass is 10.1. The van der Waals surface area contributed by atoms with Gasteiger partial charge in [-0.25, -0.2) is 9.78 Å². The van der Waals surface area contributed by atoms with E-state index in [4.69, 9.17) is 0 Å². The van der Waals surface area contributed by atoms with E-state index in [9.17, 15) is 14.7 Å². The number of aromatic nitrogens is 1. The minimum Gasteiger partial charge on any atom is -0.478 e. The van der Waals surface area contributed by atoms with Gasteiger partial charge < -0.3 is 15.7 Å². The molecule has 6 nitrogen and oxygen atoms in total. The standard InChI is InChI=1S/C15H17N3O3/c1-3-16-14(19)9(2)18-13-11-7-5-4-6-10(11)12(8-17-13)15(20)21/h4-9H,3H2,1-2H3,(H,16,19)(H,17,18)(H,20,21). The number of carbonyl (C=O) groups excluding carboxylic acids is 1. The SMILES string of the molecule is CCNC(=O)C(C)Nc1ncc(C(=O)O)c2ccccc12. The number of carboxylic acid groups (broad SMARTS) is 1. The fraction of sp³-hybridized carbons (Fsp3) is 0.267. The summed E-state index contributed by atoms with van der Waals surface area (Å²) < 4.78 is 0. The predicted octanol–water partition coefficient (Wildman–Crippen LogP) is 1.87. The van der Waals surface area contributed by atoms with Gasteiger partial charge in [0.15, 0.2) is 0 Å². The first-order chi connectivity index (χ1) is 10.0. The molecular formula is C15H17N3O3. The normalized spacial score (nSPS) is 11.9. The Hall–Kier alpha value is -2.63. The first-order valence-electron chi connectivity index (χ1n) is 6.70. The molecule has 0 saturated heterocycles. The summed E-state index contributed by atoms with van der Waals surface area (Å²) >= 11 is 0. The number of fused-ring (bicyclic) bond motifs is 1. The average molecular weight is 287 g/mol. The van der Waals surface area contributed by atoms with Crippen LogP contribution in [0, 0.1) is 0 Å². The van der Waals surface area contributed by atoms with Crippen LogP contribution in [0.3, 0.4) is 0 Å². The van der Waals surface area contributed by atoms with Gasteiger partial charge in [-0.15, -0.1) is 0 Å². The molecule has 0 bridgehead atoms. The predicted molar refractivity (Wildman–Crippen MR) is 80.5 cm³/mol. The summed E-state index contributed by atoms with van der Waals surface area (Å²) in [6, 6.07) is 6.62. The Balaban J connectivity index is 2.40. The number of carboxylic acids is 1. The van der Waals surface area contributed by atoms with E-state index in [1.165, 1.54) is 6.20 Å². The molecule has 21 heavy (non-hydrogen) atoms. The lowest BCUT2D eigenvalue weighted by Crippen LogP contribution is -2.37. The third-order valence-electron chi connectivity index (χ3n) is 3.12. The molecule has 0 spiro atoms. The number of pyridine rings is 1. The first-order valence-corrected chi connectivity index (χ1v) is 6.70. The van der Waals surface area contributed by atoms with Crippen LogP contribution in [0.4, 0.5) is 5.82 Å². The van der Waals surface area contributed by atoms with Crippen LogP contribution in [-0.4, -0.2) is 34.6 Å². The van der Waals surface area contributed by atoms with Gasteiger partial charge in [0.25, 0.3) is 0 Å². The smallest absolute Gasteiger partial charge is 0.337 e. The summed E-state index contributed by atoms with van der Waals surface area (Å²) in [5, 5.41) is 16.2. The molecule has 0 aliphatic carbocycles. The minimum atomic E-state index is -1.03. The van der Waals surface area contributed by atoms with Crippen LogP contribution < -0.4 is 10.6 Å². The van der Waals surface area contributed by atoms with E-state index in [2.05, 4.69) is 15.6 Å². The van der Waals surface area contributed by atoms with E-state index in [0.29, 0.717) is 23.1 Å². The number of rotatable bonds is 5. The van der Waals surface area contributed by atoms with Crippen molar-refractivity contribution in [2.75, 3.05) is 11.9 Å². The Labute approximate surface area is 122 Å². The molecule has 0 radical (unpaired) electrons. The van der Waals surface area contributed by atoms with Crippen LogP contribution >= 0.6 is 0 Å². The maximum atomic E-state index is 11.8. The summed E-state index contributed by atoms with van der Waals surface area (Å²) in [4.78, 5) is 27.1. The molecule has 1 aromatic heterocycles. The molecule has 0 aliphatic rings. The van der Waals surface area contributed by atoms with Gasteiger partial charge in [0, 0.05) is 23.5 Å². The molecule has 3 N–H and O–H groups in total. The molecule has 110 valence electrons. The molecule has 1 heterocycles. The van der Waals surface area contributed by atoms with Gasteiger partial charge >= 0.3 is 5.97 Å². The highest BCUT2D eigenvalue weighted by atomic mass is 16.4. The summed E-state index contributed by atoms with van der Waals surface area (Å²) in [6.07, 6.45) is 1.30. The topological polar surface area (TPSA) is 91.3 Å². The van der Waals surface area contributed by atoms with Crippen LogP contribution in [-0.2, 0) is 4.79 Å². The second-order valence-electron chi connectivity index (χ2n) is 4.63. The molecule has 0 aliphatic heterocycles. The zero-order chi connectivity index (χ0) is 15.4. The molecule has 0 fully saturated rings. The highest BCUT2D eigenvalue weighted by molar-refractivity contribution is 6.06. The number of aromatic carboxylic acids is 1. The number of anilines is 1. The van der Waals surface area contributed by atoms with E-state index in [-0.39, 0.29) is 11.5 Å². The van der Waals surface area contributed by atoms with Crippen molar-refractivity contribution in [2.45, 2.75) is 19.9 Å². The highest BCUT2D eigenvalue weighted by Crippen LogP contribution is 2.24. The number of nitrogens with one attached hydrogen (secondary N) is 2. The van der Waals surface area contributed by atoms with Crippen molar-refractivity contribution in [3.05, 3.63) is 36.0 Å². The van der Waals surface area contributed by atoms with Crippen molar-refractivity contribution < 1.29 is 14.7 Å². The second-order valence-corrected chi connectivity index (χ2v) is 4.63. The first kappa shape index (κ1) is 14.8. The summed E-state index contributed by atoms with van der Waals surface area (Å²) in [6.45, 7) is 4.13. The van der Waals surface area contributed by atoms with Gasteiger partial charge in [-0.05, 0) is 13.8 Å². The van der Waals surface area contributed by atoms with Crippen LogP contribution in [0.25, 0.3) is 10.8 Å². The van der Waals surface area contributed by atoms with Gasteiger partial charge in [0.05, 0.1) is 5.56 Å². The Kier molecular flexibility index (Phi) is 4.37. The third-order valence-corrected chi connectivity index (χ3v) is 3.12. The van der Waals surface area contributed by atoms with E-state index < -0.39 is 12.0 Å². The zero-order valence-corrected chi connectivity index (χ0v) is 11.9. The second kappa shape index (κ2) is 6.21. The van der Waals surface area contributed by atoms with Crippen LogP contribution in [0.1, 0.15) is 24.2 Å². The van der Waals surface area contributed by atoms with Crippen molar-refractivity contribution in [1.82, 2.24) is 10.3 Å². The van der Waals surface area contributed by atoms with Gasteiger partial charge in [0.1, 0.15) is 11.9 Å². The molecule has 2 aromatic rings. The average Bonchev–Trinajstić information content (AvgIpc) is 2.47. The van der Waals surface area contributed by atoms with E-state index in [1.807, 2.05) is 6.92 Å². The summed E-state index contributed by atoms with van der Waals surface area (Å²) in [7, 11) is 0. The molecular weight excluding hydrogens is 270 g/mol. The Morgan fingerprint density at radius 2 is 1.95 bits per heavy atom. The molecule has 0 saturated carbocycles. The summed E-state index contributed by atoms with van der Waals surface area (Å²) in [5.41, 5.74) is 0.141. The Morgan fingerprint density at radius 1 is 1.29 bits per heavy atom. The lowest BCUT2D eigenvalue weighted by molar-refractivity contribution is -0.121. The fourth-order valence-electron chi connectivity index (χ4n) is 2.08. The number of likely N-dealkylation sites (N-methyl/N-ethyl adjacent to an activating group) is 1. The van der Waals surface area contributed by atoms with Crippen molar-refractivity contribution in [2.24, 2.45) is 0 Å². The van der Waals surface area contributed by atoms with E-state index >= 15 is 0 Å². The largest absolute Gasteiger partial charge is 0.478 e. The van der Waals surface area contributed by atoms with Gasteiger partial charge in [-0.2, -0.15) is 0 Å². The number of hydrogen-bond acceptors (Lipinski definition) is 4. The van der Waals surface area contributed by atoms with Crippen LogP contribution in [0.5, 0.6) is 0 Å². The van der Waals surface area contributed by atoms with Crippen molar-refractivity contribution in [3.8, 4) is 0 Å². The van der Waals surface area contributed by atoms with Gasteiger partial charge in [-0.1, -0.05) is 24.3 Å². The lowest BCUT2D eigenvalue weighted by Gasteiger charge is -2.16. The number of amides is 1. The van der Waals surface area contributed by atoms with Gasteiger partial charge in [0.2, 0.25) is 5.91 Å². The molecule has 1 unspecified atom stereocenters. The minimum absolute atomic E-state index is 0.134. The quantitative estimate of drug-likeness (QED) is 0.781. The molecule has 1 aromatic carbocycles. The van der Waals surface area contributed by atoms with Crippen LogP contribution in [0.15, 0.2) is 30.5 Å². The number of nitrogens with zero attached hydrogens (tertiary/aromatic N) is 1. The Morgan fingerprint density at radius 3 is 2.57 bits per heavy atom. The van der Waals surface area contributed by atoms with Crippen LogP contribution in [0.2, 0.25) is 0 Å². The van der Waals surface area contributed by atoms with Crippen molar-refractivity contribution in [3.63, 3.8) is 0 Å². The maximum Gasteiger partial charge on any atom is 0.337 e. The Bertz CT molecular complexity index is 685. The summed E-state index contributed by atoms with van der Waals surface area (Å²) in [5.74, 6) is -0.665. The third kappa shape index (κ3) is 3.10. The van der Waals surface area contributed by atoms with Crippen molar-refractivity contribution >= 4 is 28.5 Å². The fourth-order valence-corrected chi connectivity index (χ4v) is 2.08. The van der Waals surface area contributed by atoms with E-state index in [1.54, 1.807) is 31.2 Å². The molecule has 2 rings (SSSR count). The van der Waals surface area contributed by atoms with Gasteiger partial charge in [-0.3, -0.25) is 4.79 Å².